The Morgan fingerprint density at radius 2 is 1.97 bits per heavy atom. The first-order chi connectivity index (χ1) is 14.1. The molecule has 0 atom stereocenters. The summed E-state index contributed by atoms with van der Waals surface area (Å²) in [6.45, 7) is 0.211. The lowest BCUT2D eigenvalue weighted by molar-refractivity contribution is -0.111. The van der Waals surface area contributed by atoms with Gasteiger partial charge in [0.25, 0.3) is 0 Å². The van der Waals surface area contributed by atoms with Gasteiger partial charge in [0.05, 0.1) is 0 Å². The van der Waals surface area contributed by atoms with Crippen LogP contribution in [0.1, 0.15) is 11.1 Å². The Labute approximate surface area is 184 Å². The van der Waals surface area contributed by atoms with E-state index in [9.17, 15) is 4.79 Å². The largest absolute Gasteiger partial charge is 0.454 e. The van der Waals surface area contributed by atoms with E-state index < -0.39 is 0 Å². The first-order valence-corrected chi connectivity index (χ1v) is 10.9. The van der Waals surface area contributed by atoms with Crippen LogP contribution in [0.4, 0.5) is 5.13 Å². The highest BCUT2D eigenvalue weighted by Crippen LogP contribution is 2.34. The number of carbonyl (C=O) groups excluding carboxylic acids is 1. The van der Waals surface area contributed by atoms with E-state index >= 15 is 0 Å². The Morgan fingerprint density at radius 1 is 1.17 bits per heavy atom. The molecular formula is C19H13Cl2N3O3S2. The molecule has 1 N–H and O–H groups in total. The number of benzene rings is 2. The van der Waals surface area contributed by atoms with Crippen molar-refractivity contribution in [3.05, 3.63) is 63.6 Å². The van der Waals surface area contributed by atoms with Crippen LogP contribution in [0.3, 0.4) is 0 Å². The minimum Gasteiger partial charge on any atom is -0.454 e. The van der Waals surface area contributed by atoms with E-state index in [-0.39, 0.29) is 12.7 Å². The highest BCUT2D eigenvalue weighted by molar-refractivity contribution is 8.00. The van der Waals surface area contributed by atoms with Crippen molar-refractivity contribution in [1.29, 1.82) is 0 Å². The number of halogens is 2. The van der Waals surface area contributed by atoms with E-state index in [4.69, 9.17) is 32.7 Å². The van der Waals surface area contributed by atoms with Crippen molar-refractivity contribution < 1.29 is 14.3 Å². The first-order valence-electron chi connectivity index (χ1n) is 8.36. The van der Waals surface area contributed by atoms with E-state index in [1.165, 1.54) is 29.2 Å². The van der Waals surface area contributed by atoms with Crippen LogP contribution in [-0.4, -0.2) is 22.9 Å². The van der Waals surface area contributed by atoms with Crippen LogP contribution in [0.5, 0.6) is 11.5 Å². The van der Waals surface area contributed by atoms with Gasteiger partial charge in [-0.15, -0.1) is 10.2 Å². The third kappa shape index (κ3) is 5.02. The number of carbonyl (C=O) groups is 1. The fourth-order valence-electron chi connectivity index (χ4n) is 2.46. The Morgan fingerprint density at radius 3 is 2.79 bits per heavy atom. The number of fused-ring (bicyclic) bond motifs is 1. The van der Waals surface area contributed by atoms with Crippen LogP contribution in [0.15, 0.2) is 46.8 Å². The monoisotopic (exact) mass is 465 g/mol. The second-order valence-corrected chi connectivity index (χ2v) is 8.81. The molecule has 29 heavy (non-hydrogen) atoms. The molecule has 1 aliphatic heterocycles. The zero-order valence-corrected chi connectivity index (χ0v) is 17.9. The molecule has 148 valence electrons. The number of nitrogens with zero attached hydrogens (tertiary/aromatic N) is 2. The van der Waals surface area contributed by atoms with E-state index in [2.05, 4.69) is 15.5 Å². The van der Waals surface area contributed by atoms with Gasteiger partial charge in [0.15, 0.2) is 15.8 Å². The van der Waals surface area contributed by atoms with Gasteiger partial charge in [-0.25, -0.2) is 0 Å². The summed E-state index contributed by atoms with van der Waals surface area (Å²) in [5.41, 5.74) is 1.67. The Bertz CT molecular complexity index is 1070. The number of aromatic nitrogens is 2. The van der Waals surface area contributed by atoms with Crippen molar-refractivity contribution in [3.63, 3.8) is 0 Å². The van der Waals surface area contributed by atoms with Crippen LogP contribution in [0, 0.1) is 0 Å². The SMILES string of the molecule is O=C(/C=C/c1ccc2c(c1)OCO2)Nc1nnc(SCc2c(Cl)cccc2Cl)s1. The summed E-state index contributed by atoms with van der Waals surface area (Å²) < 4.78 is 11.3. The van der Waals surface area contributed by atoms with Crippen LogP contribution < -0.4 is 14.8 Å². The van der Waals surface area contributed by atoms with Crippen molar-refractivity contribution in [1.82, 2.24) is 10.2 Å². The van der Waals surface area contributed by atoms with Crippen molar-refractivity contribution in [2.24, 2.45) is 0 Å². The Balaban J connectivity index is 1.33. The molecule has 0 saturated carbocycles. The first kappa shape index (κ1) is 20.0. The minimum atomic E-state index is -0.301. The molecule has 0 unspecified atom stereocenters. The summed E-state index contributed by atoms with van der Waals surface area (Å²) in [5, 5.41) is 12.4. The van der Waals surface area contributed by atoms with Crippen molar-refractivity contribution in [2.75, 3.05) is 12.1 Å². The van der Waals surface area contributed by atoms with Crippen LogP contribution in [-0.2, 0) is 10.5 Å². The lowest BCUT2D eigenvalue weighted by Gasteiger charge is -2.04. The number of thioether (sulfide) groups is 1. The molecule has 2 heterocycles. The van der Waals surface area contributed by atoms with Crippen molar-refractivity contribution >= 4 is 63.4 Å². The second-order valence-electron chi connectivity index (χ2n) is 5.80. The molecule has 0 spiro atoms. The molecule has 1 amide bonds. The third-order valence-corrected chi connectivity index (χ3v) is 6.57. The number of ether oxygens (including phenoxy) is 2. The number of nitrogens with one attached hydrogen (secondary N) is 1. The van der Waals surface area contributed by atoms with E-state index in [0.717, 1.165) is 11.1 Å². The van der Waals surface area contributed by atoms with E-state index in [1.807, 2.05) is 12.1 Å². The Kier molecular flexibility index (Phi) is 6.25. The molecule has 6 nitrogen and oxygen atoms in total. The number of anilines is 1. The summed E-state index contributed by atoms with van der Waals surface area (Å²) in [5.74, 6) is 1.62. The van der Waals surface area contributed by atoms with Crippen LogP contribution >= 0.6 is 46.3 Å². The zero-order valence-electron chi connectivity index (χ0n) is 14.7. The van der Waals surface area contributed by atoms with Crippen molar-refractivity contribution in [3.8, 4) is 11.5 Å². The van der Waals surface area contributed by atoms with Gasteiger partial charge >= 0.3 is 0 Å². The maximum atomic E-state index is 12.1. The number of hydrogen-bond acceptors (Lipinski definition) is 7. The van der Waals surface area contributed by atoms with Gasteiger partial charge in [-0.1, -0.05) is 58.4 Å². The summed E-state index contributed by atoms with van der Waals surface area (Å²) >= 11 is 15.1. The van der Waals surface area contributed by atoms with Gasteiger partial charge in [-0.05, 0) is 41.5 Å². The quantitative estimate of drug-likeness (QED) is 0.293. The predicted octanol–water partition coefficient (Wildman–Crippen LogP) is 5.52. The molecule has 0 fully saturated rings. The summed E-state index contributed by atoms with van der Waals surface area (Å²) in [6.07, 6.45) is 3.11. The number of rotatable bonds is 6. The summed E-state index contributed by atoms with van der Waals surface area (Å²) in [4.78, 5) is 12.1. The van der Waals surface area contributed by atoms with Crippen LogP contribution in [0.2, 0.25) is 10.0 Å². The van der Waals surface area contributed by atoms with Crippen molar-refractivity contribution in [2.45, 2.75) is 10.1 Å². The molecule has 3 aromatic rings. The Hall–Kier alpha value is -2.26. The average molecular weight is 466 g/mol. The molecule has 0 aliphatic carbocycles. The molecule has 2 aromatic carbocycles. The van der Waals surface area contributed by atoms with Gasteiger partial charge in [0.1, 0.15) is 0 Å². The zero-order chi connectivity index (χ0) is 20.2. The third-order valence-electron chi connectivity index (χ3n) is 3.86. The number of amides is 1. The summed E-state index contributed by atoms with van der Waals surface area (Å²) in [6, 6.07) is 10.8. The molecular weight excluding hydrogens is 453 g/mol. The second kappa shape index (κ2) is 9.04. The lowest BCUT2D eigenvalue weighted by atomic mass is 10.2. The minimum absolute atomic E-state index is 0.211. The van der Waals surface area contributed by atoms with Crippen LogP contribution in [0.25, 0.3) is 6.08 Å². The van der Waals surface area contributed by atoms with Gasteiger partial charge in [-0.3, -0.25) is 10.1 Å². The maximum absolute atomic E-state index is 12.1. The average Bonchev–Trinajstić information content (AvgIpc) is 3.35. The standard InChI is InChI=1S/C19H13Cl2N3O3S2/c20-13-2-1-3-14(21)12(13)9-28-19-24-23-18(29-19)22-17(25)7-5-11-4-6-15-16(8-11)27-10-26-15/h1-8H,9-10H2,(H,22,23,25)/b7-5+. The molecule has 0 saturated heterocycles. The smallest absolute Gasteiger partial charge is 0.250 e. The highest BCUT2D eigenvalue weighted by Gasteiger charge is 2.13. The molecule has 1 aliphatic rings. The molecule has 0 radical (unpaired) electrons. The van der Waals surface area contributed by atoms with E-state index in [1.54, 1.807) is 30.3 Å². The van der Waals surface area contributed by atoms with Gasteiger partial charge in [-0.2, -0.15) is 0 Å². The predicted molar refractivity (Wildman–Crippen MR) is 116 cm³/mol. The topological polar surface area (TPSA) is 73.3 Å². The highest BCUT2D eigenvalue weighted by atomic mass is 35.5. The molecule has 0 bridgehead atoms. The summed E-state index contributed by atoms with van der Waals surface area (Å²) in [7, 11) is 0. The lowest BCUT2D eigenvalue weighted by Crippen LogP contribution is -2.07. The normalized spacial score (nSPS) is 12.5. The maximum Gasteiger partial charge on any atom is 0.250 e. The molecule has 4 rings (SSSR count). The van der Waals surface area contributed by atoms with Gasteiger partial charge < -0.3 is 9.47 Å². The van der Waals surface area contributed by atoms with Gasteiger partial charge in [0.2, 0.25) is 17.8 Å². The van der Waals surface area contributed by atoms with E-state index in [0.29, 0.717) is 36.8 Å². The number of hydrogen-bond donors (Lipinski definition) is 1. The fourth-order valence-corrected chi connectivity index (χ4v) is 4.96. The molecule has 10 heteroatoms. The van der Waals surface area contributed by atoms with Gasteiger partial charge in [0, 0.05) is 21.9 Å². The molecule has 1 aromatic heterocycles. The fraction of sp³-hybridized carbons (Fsp3) is 0.105.